The Hall–Kier alpha value is -2.64. The molecule has 1 aromatic carbocycles. The van der Waals surface area contributed by atoms with E-state index in [1.165, 1.54) is 12.2 Å². The average Bonchev–Trinajstić information content (AvgIpc) is 2.52. The number of hydrogen-bond acceptors (Lipinski definition) is 5. The van der Waals surface area contributed by atoms with Crippen LogP contribution in [0.25, 0.3) is 0 Å². The van der Waals surface area contributed by atoms with Gasteiger partial charge in [-0.15, -0.1) is 0 Å². The third kappa shape index (κ3) is 7.25. The van der Waals surface area contributed by atoms with Crippen molar-refractivity contribution in [3.8, 4) is 5.75 Å². The molecular formula is C16H18O7. The van der Waals surface area contributed by atoms with E-state index in [4.69, 9.17) is 24.8 Å². The monoisotopic (exact) mass is 322 g/mol. The summed E-state index contributed by atoms with van der Waals surface area (Å²) in [5.41, 5.74) is -1.44. The number of rotatable bonds is 10. The van der Waals surface area contributed by atoms with E-state index in [1.54, 1.807) is 30.3 Å². The second-order valence-electron chi connectivity index (χ2n) is 4.49. The molecule has 1 aromatic rings. The van der Waals surface area contributed by atoms with E-state index in [0.717, 1.165) is 12.2 Å². The smallest absolute Gasteiger partial charge is 0.328 e. The SMILES string of the molecule is O=C(O)C=CC(C=CC(=O)O)(COCCO)Oc1ccccc1. The van der Waals surface area contributed by atoms with Gasteiger partial charge in [0.15, 0.2) is 5.60 Å². The minimum atomic E-state index is -1.44. The highest BCUT2D eigenvalue weighted by molar-refractivity contribution is 5.81. The van der Waals surface area contributed by atoms with Crippen molar-refractivity contribution in [1.82, 2.24) is 0 Å². The van der Waals surface area contributed by atoms with Crippen LogP contribution >= 0.6 is 0 Å². The van der Waals surface area contributed by atoms with Gasteiger partial charge in [-0.1, -0.05) is 18.2 Å². The van der Waals surface area contributed by atoms with E-state index in [2.05, 4.69) is 0 Å². The van der Waals surface area contributed by atoms with Crippen molar-refractivity contribution in [3.05, 3.63) is 54.6 Å². The van der Waals surface area contributed by atoms with Crippen LogP contribution in [0.4, 0.5) is 0 Å². The summed E-state index contributed by atoms with van der Waals surface area (Å²) in [7, 11) is 0. The van der Waals surface area contributed by atoms with Crippen molar-refractivity contribution >= 4 is 11.9 Å². The molecule has 0 aliphatic carbocycles. The van der Waals surface area contributed by atoms with Crippen molar-refractivity contribution in [1.29, 1.82) is 0 Å². The van der Waals surface area contributed by atoms with Crippen LogP contribution in [0.15, 0.2) is 54.6 Å². The summed E-state index contributed by atoms with van der Waals surface area (Å²) in [5.74, 6) is -2.01. The molecule has 0 unspecified atom stereocenters. The average molecular weight is 322 g/mol. The van der Waals surface area contributed by atoms with Gasteiger partial charge in [0.25, 0.3) is 0 Å². The van der Waals surface area contributed by atoms with E-state index in [0.29, 0.717) is 5.75 Å². The van der Waals surface area contributed by atoms with Crippen molar-refractivity contribution in [2.45, 2.75) is 5.60 Å². The molecule has 0 radical (unpaired) electrons. The van der Waals surface area contributed by atoms with Gasteiger partial charge in [0.1, 0.15) is 5.75 Å². The van der Waals surface area contributed by atoms with Gasteiger partial charge in [0, 0.05) is 12.2 Å². The quantitative estimate of drug-likeness (QED) is 0.436. The molecule has 0 bridgehead atoms. The molecule has 0 fully saturated rings. The molecule has 0 spiro atoms. The Bertz CT molecular complexity index is 539. The van der Waals surface area contributed by atoms with Crippen molar-refractivity contribution < 1.29 is 34.4 Å². The summed E-state index contributed by atoms with van der Waals surface area (Å²) >= 11 is 0. The standard InChI is InChI=1S/C16H18O7/c17-10-11-22-12-16(8-6-14(18)19,9-7-15(20)21)23-13-4-2-1-3-5-13/h1-9,17H,10-12H2,(H,18,19)(H,20,21). The fourth-order valence-corrected chi connectivity index (χ4v) is 1.68. The maximum atomic E-state index is 10.8. The number of carboxylic acids is 2. The fourth-order valence-electron chi connectivity index (χ4n) is 1.68. The van der Waals surface area contributed by atoms with Crippen LogP contribution < -0.4 is 4.74 Å². The summed E-state index contributed by atoms with van der Waals surface area (Å²) in [5, 5.41) is 26.5. The molecule has 0 aromatic heterocycles. The maximum absolute atomic E-state index is 10.8. The van der Waals surface area contributed by atoms with Crippen molar-refractivity contribution in [2.75, 3.05) is 19.8 Å². The lowest BCUT2D eigenvalue weighted by molar-refractivity contribution is -0.132. The molecule has 0 atom stereocenters. The highest BCUT2D eigenvalue weighted by atomic mass is 16.5. The molecule has 0 heterocycles. The van der Waals surface area contributed by atoms with Gasteiger partial charge in [0.2, 0.25) is 0 Å². The largest absolute Gasteiger partial charge is 0.478 e. The van der Waals surface area contributed by atoms with Crippen LogP contribution in [0.1, 0.15) is 0 Å². The zero-order chi connectivity index (χ0) is 17.1. The van der Waals surface area contributed by atoms with Crippen LogP contribution in [-0.4, -0.2) is 52.7 Å². The molecule has 7 heteroatoms. The van der Waals surface area contributed by atoms with Crippen molar-refractivity contribution in [2.24, 2.45) is 0 Å². The molecule has 0 saturated heterocycles. The zero-order valence-electron chi connectivity index (χ0n) is 12.3. The molecule has 7 nitrogen and oxygen atoms in total. The topological polar surface area (TPSA) is 113 Å². The highest BCUT2D eigenvalue weighted by Gasteiger charge is 2.28. The van der Waals surface area contributed by atoms with E-state index in [-0.39, 0.29) is 19.8 Å². The molecule has 0 saturated carbocycles. The Balaban J connectivity index is 3.13. The Labute approximate surface area is 133 Å². The van der Waals surface area contributed by atoms with Crippen LogP contribution in [0.5, 0.6) is 5.75 Å². The lowest BCUT2D eigenvalue weighted by Crippen LogP contribution is -2.38. The van der Waals surface area contributed by atoms with E-state index < -0.39 is 17.5 Å². The van der Waals surface area contributed by atoms with Gasteiger partial charge in [-0.2, -0.15) is 0 Å². The lowest BCUT2D eigenvalue weighted by atomic mass is 10.0. The summed E-state index contributed by atoms with van der Waals surface area (Å²) in [6.07, 6.45) is 4.08. The molecule has 0 aliphatic rings. The zero-order valence-corrected chi connectivity index (χ0v) is 12.3. The van der Waals surface area contributed by atoms with E-state index >= 15 is 0 Å². The number of hydrogen-bond donors (Lipinski definition) is 3. The number of para-hydroxylation sites is 1. The van der Waals surface area contributed by atoms with Gasteiger partial charge in [-0.25, -0.2) is 9.59 Å². The first-order chi connectivity index (χ1) is 11.0. The number of carbonyl (C=O) groups is 2. The normalized spacial score (nSPS) is 14.0. The summed E-state index contributed by atoms with van der Waals surface area (Å²) in [6.45, 7) is -0.398. The van der Waals surface area contributed by atoms with Gasteiger partial charge in [0.05, 0.1) is 19.8 Å². The van der Waals surface area contributed by atoms with E-state index in [9.17, 15) is 9.59 Å². The summed E-state index contributed by atoms with van der Waals surface area (Å²) < 4.78 is 11.0. The predicted molar refractivity (Wildman–Crippen MR) is 81.3 cm³/mol. The number of aliphatic hydroxyl groups excluding tert-OH is 1. The second kappa shape index (κ2) is 9.39. The van der Waals surface area contributed by atoms with Crippen LogP contribution in [0, 0.1) is 0 Å². The third-order valence-corrected chi connectivity index (χ3v) is 2.63. The molecule has 3 N–H and O–H groups in total. The summed E-state index contributed by atoms with van der Waals surface area (Å²) in [4.78, 5) is 21.6. The predicted octanol–water partition coefficient (Wildman–Crippen LogP) is 1.09. The first-order valence-corrected chi connectivity index (χ1v) is 6.74. The maximum Gasteiger partial charge on any atom is 0.328 e. The Morgan fingerprint density at radius 2 is 1.61 bits per heavy atom. The Morgan fingerprint density at radius 3 is 2.09 bits per heavy atom. The molecule has 124 valence electrons. The first kappa shape index (κ1) is 18.4. The Kier molecular flexibility index (Phi) is 7.52. The van der Waals surface area contributed by atoms with Gasteiger partial charge >= 0.3 is 11.9 Å². The number of aliphatic hydroxyl groups is 1. The second-order valence-corrected chi connectivity index (χ2v) is 4.49. The molecule has 0 amide bonds. The van der Waals surface area contributed by atoms with Gasteiger partial charge < -0.3 is 24.8 Å². The lowest BCUT2D eigenvalue weighted by Gasteiger charge is -2.28. The highest BCUT2D eigenvalue weighted by Crippen LogP contribution is 2.22. The number of aliphatic carboxylic acids is 2. The third-order valence-electron chi connectivity index (χ3n) is 2.63. The van der Waals surface area contributed by atoms with Gasteiger partial charge in [-0.05, 0) is 24.3 Å². The van der Waals surface area contributed by atoms with Gasteiger partial charge in [-0.3, -0.25) is 0 Å². The Morgan fingerprint density at radius 1 is 1.04 bits per heavy atom. The summed E-state index contributed by atoms with van der Waals surface area (Å²) in [6, 6.07) is 8.50. The van der Waals surface area contributed by atoms with E-state index in [1.807, 2.05) is 0 Å². The minimum absolute atomic E-state index is 0.00171. The van der Waals surface area contributed by atoms with Crippen LogP contribution in [0.3, 0.4) is 0 Å². The van der Waals surface area contributed by atoms with Crippen molar-refractivity contribution in [3.63, 3.8) is 0 Å². The molecule has 1 rings (SSSR count). The fraction of sp³-hybridized carbons (Fsp3) is 0.250. The van der Waals surface area contributed by atoms with Crippen LogP contribution in [-0.2, 0) is 14.3 Å². The number of carboxylic acid groups (broad SMARTS) is 2. The number of benzene rings is 1. The molecular weight excluding hydrogens is 304 g/mol. The molecule has 0 aliphatic heterocycles. The number of ether oxygens (including phenoxy) is 2. The first-order valence-electron chi connectivity index (χ1n) is 6.74. The minimum Gasteiger partial charge on any atom is -0.478 e. The molecule has 23 heavy (non-hydrogen) atoms. The van der Waals surface area contributed by atoms with Crippen LogP contribution in [0.2, 0.25) is 0 Å².